The lowest BCUT2D eigenvalue weighted by atomic mass is 9.49. The summed E-state index contributed by atoms with van der Waals surface area (Å²) in [5.74, 6) is 2.93. The molecule has 4 saturated carbocycles. The maximum atomic E-state index is 9.64. The van der Waals surface area contributed by atoms with Crippen molar-refractivity contribution in [1.29, 1.82) is 5.26 Å². The lowest BCUT2D eigenvalue weighted by Crippen LogP contribution is -2.48. The number of hydrogen-bond donors (Lipinski definition) is 1. The molecule has 6 rings (SSSR count). The number of rotatable bonds is 3. The number of allylic oxidation sites excluding steroid dienone is 1. The Morgan fingerprint density at radius 3 is 2.31 bits per heavy atom. The predicted molar refractivity (Wildman–Crippen MR) is 104 cm³/mol. The Labute approximate surface area is 158 Å². The van der Waals surface area contributed by atoms with E-state index in [1.807, 2.05) is 18.2 Å². The minimum atomic E-state index is 0.235. The van der Waals surface area contributed by atoms with Gasteiger partial charge in [0, 0.05) is 10.8 Å². The molecule has 0 atom stereocenters. The summed E-state index contributed by atoms with van der Waals surface area (Å²) in [5, 5.41) is 22.1. The van der Waals surface area contributed by atoms with Crippen LogP contribution in [0.1, 0.15) is 54.8 Å². The van der Waals surface area contributed by atoms with Crippen molar-refractivity contribution in [3.05, 3.63) is 45.9 Å². The molecule has 2 aromatic rings. The fraction of sp³-hybridized carbons (Fsp3) is 0.455. The molecule has 0 radical (unpaired) electrons. The van der Waals surface area contributed by atoms with Gasteiger partial charge in [0.1, 0.15) is 16.8 Å². The summed E-state index contributed by atoms with van der Waals surface area (Å²) in [7, 11) is 0. The molecule has 132 valence electrons. The highest BCUT2D eigenvalue weighted by molar-refractivity contribution is 7.11. The van der Waals surface area contributed by atoms with E-state index in [2.05, 4.69) is 11.4 Å². The first-order valence-corrected chi connectivity index (χ1v) is 10.4. The minimum absolute atomic E-state index is 0.235. The first kappa shape index (κ1) is 16.1. The van der Waals surface area contributed by atoms with Crippen LogP contribution in [0.2, 0.25) is 0 Å². The largest absolute Gasteiger partial charge is 0.508 e. The Morgan fingerprint density at radius 1 is 1.12 bits per heavy atom. The number of phenols is 1. The van der Waals surface area contributed by atoms with E-state index in [0.29, 0.717) is 5.57 Å². The zero-order chi connectivity index (χ0) is 17.7. The molecule has 1 heterocycles. The Bertz CT molecular complexity index is 868. The number of nitrogens with zero attached hydrogens (tertiary/aromatic N) is 2. The van der Waals surface area contributed by atoms with E-state index in [4.69, 9.17) is 4.98 Å². The molecule has 4 aliphatic rings. The molecular weight excluding hydrogens is 340 g/mol. The summed E-state index contributed by atoms with van der Waals surface area (Å²) in [4.78, 5) is 4.96. The summed E-state index contributed by atoms with van der Waals surface area (Å²) < 4.78 is 0. The van der Waals surface area contributed by atoms with Crippen LogP contribution in [0.25, 0.3) is 11.6 Å². The molecule has 1 N–H and O–H groups in total. The lowest BCUT2D eigenvalue weighted by molar-refractivity contribution is -0.00694. The Morgan fingerprint density at radius 2 is 1.73 bits per heavy atom. The van der Waals surface area contributed by atoms with Crippen molar-refractivity contribution < 1.29 is 5.11 Å². The van der Waals surface area contributed by atoms with Gasteiger partial charge in [-0.05, 0) is 80.1 Å². The number of nitriles is 1. The molecule has 4 aliphatic carbocycles. The first-order valence-electron chi connectivity index (χ1n) is 9.51. The second-order valence-corrected chi connectivity index (χ2v) is 9.36. The predicted octanol–water partition coefficient (Wildman–Crippen LogP) is 5.38. The minimum Gasteiger partial charge on any atom is -0.508 e. The molecule has 0 aliphatic heterocycles. The molecule has 3 nitrogen and oxygen atoms in total. The normalized spacial score (nSPS) is 32.6. The molecule has 0 spiro atoms. The van der Waals surface area contributed by atoms with E-state index < -0.39 is 0 Å². The number of phenolic OH excluding ortho intramolecular Hbond substituents is 1. The second-order valence-electron chi connectivity index (χ2n) is 8.50. The summed E-state index contributed by atoms with van der Waals surface area (Å²) >= 11 is 1.60. The second kappa shape index (κ2) is 5.96. The smallest absolute Gasteiger partial charge is 0.134 e. The Balaban J connectivity index is 1.46. The molecule has 4 heteroatoms. The average molecular weight is 362 g/mol. The SMILES string of the molecule is N#C/C(=C\c1ccc(O)cc1)c1nc(C23CC4CC(CC(C4)C2)C3)cs1. The van der Waals surface area contributed by atoms with Gasteiger partial charge in [0.25, 0.3) is 0 Å². The average Bonchev–Trinajstić information content (AvgIpc) is 3.11. The summed E-state index contributed by atoms with van der Waals surface area (Å²) in [5.41, 5.74) is 3.04. The van der Waals surface area contributed by atoms with Gasteiger partial charge in [0.15, 0.2) is 0 Å². The van der Waals surface area contributed by atoms with Gasteiger partial charge in [-0.25, -0.2) is 4.98 Å². The van der Waals surface area contributed by atoms with Crippen LogP contribution < -0.4 is 0 Å². The lowest BCUT2D eigenvalue weighted by Gasteiger charge is -2.56. The number of aromatic nitrogens is 1. The van der Waals surface area contributed by atoms with Crippen molar-refractivity contribution in [2.75, 3.05) is 0 Å². The highest BCUT2D eigenvalue weighted by Crippen LogP contribution is 2.60. The molecule has 0 saturated heterocycles. The van der Waals surface area contributed by atoms with Gasteiger partial charge in [-0.1, -0.05) is 12.1 Å². The topological polar surface area (TPSA) is 56.9 Å². The number of thiazole rings is 1. The van der Waals surface area contributed by atoms with Crippen molar-refractivity contribution in [2.24, 2.45) is 17.8 Å². The van der Waals surface area contributed by atoms with Gasteiger partial charge in [-0.3, -0.25) is 0 Å². The van der Waals surface area contributed by atoms with Gasteiger partial charge < -0.3 is 5.11 Å². The van der Waals surface area contributed by atoms with Crippen LogP contribution in [0.5, 0.6) is 5.75 Å². The molecule has 0 unspecified atom stereocenters. The van der Waals surface area contributed by atoms with E-state index in [1.165, 1.54) is 44.2 Å². The summed E-state index contributed by atoms with van der Waals surface area (Å²) in [6.07, 6.45) is 10.0. The van der Waals surface area contributed by atoms with Crippen LogP contribution in [0.15, 0.2) is 29.6 Å². The first-order chi connectivity index (χ1) is 12.6. The number of benzene rings is 1. The fourth-order valence-electron chi connectivity index (χ4n) is 5.94. The van der Waals surface area contributed by atoms with Crippen LogP contribution in [0.3, 0.4) is 0 Å². The third kappa shape index (κ3) is 2.66. The third-order valence-corrected chi connectivity index (χ3v) is 7.52. The fourth-order valence-corrected chi connectivity index (χ4v) is 6.85. The van der Waals surface area contributed by atoms with Gasteiger partial charge in [-0.15, -0.1) is 11.3 Å². The maximum absolute atomic E-state index is 9.64. The van der Waals surface area contributed by atoms with Crippen molar-refractivity contribution in [3.63, 3.8) is 0 Å². The molecule has 26 heavy (non-hydrogen) atoms. The van der Waals surface area contributed by atoms with Crippen LogP contribution >= 0.6 is 11.3 Å². The standard InChI is InChI=1S/C22H22N2OS/c23-12-18(8-14-1-3-19(25)4-2-14)21-24-20(13-26-21)22-9-15-5-16(10-22)7-17(6-15)11-22/h1-4,8,13,15-17,25H,5-7,9-11H2/b18-8+. The van der Waals surface area contributed by atoms with Crippen molar-refractivity contribution in [2.45, 2.75) is 43.9 Å². The molecule has 4 fully saturated rings. The van der Waals surface area contributed by atoms with E-state index in [-0.39, 0.29) is 11.2 Å². The Kier molecular flexibility index (Phi) is 3.68. The molecule has 4 bridgehead atoms. The monoisotopic (exact) mass is 362 g/mol. The van der Waals surface area contributed by atoms with Gasteiger partial charge in [-0.2, -0.15) is 5.26 Å². The number of hydrogen-bond acceptors (Lipinski definition) is 4. The van der Waals surface area contributed by atoms with E-state index in [0.717, 1.165) is 28.3 Å². The molecule has 0 amide bonds. The van der Waals surface area contributed by atoms with Crippen LogP contribution in [0.4, 0.5) is 0 Å². The molecule has 1 aromatic carbocycles. The Hall–Kier alpha value is -2.12. The third-order valence-electron chi connectivity index (χ3n) is 6.64. The van der Waals surface area contributed by atoms with Crippen LogP contribution in [-0.2, 0) is 5.41 Å². The maximum Gasteiger partial charge on any atom is 0.134 e. The van der Waals surface area contributed by atoms with E-state index >= 15 is 0 Å². The van der Waals surface area contributed by atoms with Gasteiger partial charge >= 0.3 is 0 Å². The van der Waals surface area contributed by atoms with Crippen LogP contribution in [0, 0.1) is 29.1 Å². The van der Waals surface area contributed by atoms with Crippen molar-refractivity contribution in [1.82, 2.24) is 4.98 Å². The van der Waals surface area contributed by atoms with Crippen molar-refractivity contribution in [3.8, 4) is 11.8 Å². The molecule has 1 aromatic heterocycles. The van der Waals surface area contributed by atoms with Gasteiger partial charge in [0.05, 0.1) is 11.3 Å². The van der Waals surface area contributed by atoms with E-state index in [1.54, 1.807) is 23.5 Å². The number of aromatic hydroxyl groups is 1. The quantitative estimate of drug-likeness (QED) is 0.746. The van der Waals surface area contributed by atoms with Gasteiger partial charge in [0.2, 0.25) is 0 Å². The summed E-state index contributed by atoms with van der Waals surface area (Å²) in [6.45, 7) is 0. The zero-order valence-corrected chi connectivity index (χ0v) is 15.5. The summed E-state index contributed by atoms with van der Waals surface area (Å²) in [6, 6.07) is 9.24. The van der Waals surface area contributed by atoms with E-state index in [9.17, 15) is 10.4 Å². The highest BCUT2D eigenvalue weighted by Gasteiger charge is 2.52. The van der Waals surface area contributed by atoms with Crippen LogP contribution in [-0.4, -0.2) is 10.1 Å². The zero-order valence-electron chi connectivity index (χ0n) is 14.7. The molecular formula is C22H22N2OS. The van der Waals surface area contributed by atoms with Crippen molar-refractivity contribution >= 4 is 23.0 Å². The highest BCUT2D eigenvalue weighted by atomic mass is 32.1.